The summed E-state index contributed by atoms with van der Waals surface area (Å²) in [6, 6.07) is 3.84. The van der Waals surface area contributed by atoms with E-state index in [9.17, 15) is 14.0 Å². The SMILES string of the molecule is CC(=NC(=O)c1ncn2c1[C@H]1CCCN1C(=O)c1cc(F)ccc1-2)N(C)C. The summed E-state index contributed by atoms with van der Waals surface area (Å²) in [7, 11) is 3.61. The van der Waals surface area contributed by atoms with Gasteiger partial charge in [-0.25, -0.2) is 9.37 Å². The van der Waals surface area contributed by atoms with Crippen molar-refractivity contribution in [3.63, 3.8) is 0 Å². The summed E-state index contributed by atoms with van der Waals surface area (Å²) in [6.45, 7) is 2.31. The number of aromatic nitrogens is 2. The van der Waals surface area contributed by atoms with E-state index in [1.807, 2.05) is 14.1 Å². The van der Waals surface area contributed by atoms with Crippen LogP contribution < -0.4 is 0 Å². The topological polar surface area (TPSA) is 70.8 Å². The number of hydrogen-bond acceptors (Lipinski definition) is 3. The fourth-order valence-corrected chi connectivity index (χ4v) is 3.67. The van der Waals surface area contributed by atoms with Gasteiger partial charge in [0.05, 0.1) is 23.0 Å². The van der Waals surface area contributed by atoms with Crippen molar-refractivity contribution in [1.82, 2.24) is 19.4 Å². The first-order chi connectivity index (χ1) is 12.9. The lowest BCUT2D eigenvalue weighted by atomic mass is 10.1. The number of amides is 2. The number of imidazole rings is 1. The Kier molecular flexibility index (Phi) is 4.05. The van der Waals surface area contributed by atoms with Crippen molar-refractivity contribution in [3.05, 3.63) is 47.3 Å². The van der Waals surface area contributed by atoms with Gasteiger partial charge >= 0.3 is 0 Å². The third-order valence-corrected chi connectivity index (χ3v) is 5.20. The Hall–Kier alpha value is -3.03. The highest BCUT2D eigenvalue weighted by Crippen LogP contribution is 2.40. The first-order valence-electron chi connectivity index (χ1n) is 8.83. The number of fused-ring (bicyclic) bond motifs is 5. The molecule has 2 aliphatic rings. The Morgan fingerprint density at radius 3 is 2.89 bits per heavy atom. The number of nitrogens with zero attached hydrogens (tertiary/aromatic N) is 5. The highest BCUT2D eigenvalue weighted by atomic mass is 19.1. The van der Waals surface area contributed by atoms with Crippen LogP contribution in [0.15, 0.2) is 29.5 Å². The molecular formula is C19H20FN5O2. The Balaban J connectivity index is 1.91. The molecule has 0 N–H and O–H groups in total. The van der Waals surface area contributed by atoms with E-state index >= 15 is 0 Å². The van der Waals surface area contributed by atoms with Gasteiger partial charge in [-0.15, -0.1) is 0 Å². The largest absolute Gasteiger partial charge is 0.366 e. The van der Waals surface area contributed by atoms with Crippen molar-refractivity contribution in [3.8, 4) is 5.69 Å². The predicted molar refractivity (Wildman–Crippen MR) is 97.7 cm³/mol. The zero-order chi connectivity index (χ0) is 19.3. The second-order valence-corrected chi connectivity index (χ2v) is 7.03. The second kappa shape index (κ2) is 6.29. The average molecular weight is 369 g/mol. The molecule has 1 atom stereocenters. The third-order valence-electron chi connectivity index (χ3n) is 5.20. The van der Waals surface area contributed by atoms with E-state index in [1.54, 1.807) is 27.4 Å². The Bertz CT molecular complexity index is 978. The number of hydrogen-bond donors (Lipinski definition) is 0. The number of carbonyl (C=O) groups is 2. The quantitative estimate of drug-likeness (QED) is 0.572. The van der Waals surface area contributed by atoms with E-state index in [0.717, 1.165) is 12.8 Å². The van der Waals surface area contributed by atoms with E-state index in [0.29, 0.717) is 23.8 Å². The minimum atomic E-state index is -0.469. The molecule has 2 amide bonds. The van der Waals surface area contributed by atoms with Crippen LogP contribution in [-0.2, 0) is 0 Å². The van der Waals surface area contributed by atoms with Crippen molar-refractivity contribution in [2.75, 3.05) is 20.6 Å². The Morgan fingerprint density at radius 1 is 1.37 bits per heavy atom. The molecule has 8 heteroatoms. The van der Waals surface area contributed by atoms with Gasteiger partial charge in [0.25, 0.3) is 11.8 Å². The average Bonchev–Trinajstić information content (AvgIpc) is 3.25. The minimum absolute atomic E-state index is 0.220. The molecular weight excluding hydrogens is 349 g/mol. The molecule has 0 aliphatic carbocycles. The molecule has 3 heterocycles. The van der Waals surface area contributed by atoms with E-state index in [-0.39, 0.29) is 23.2 Å². The van der Waals surface area contributed by atoms with Gasteiger partial charge in [-0.2, -0.15) is 4.99 Å². The van der Waals surface area contributed by atoms with Crippen LogP contribution in [0.25, 0.3) is 5.69 Å². The molecule has 1 saturated heterocycles. The summed E-state index contributed by atoms with van der Waals surface area (Å²) in [5, 5.41) is 0. The van der Waals surface area contributed by atoms with E-state index in [4.69, 9.17) is 0 Å². The summed E-state index contributed by atoms with van der Waals surface area (Å²) < 4.78 is 15.5. The molecule has 2 aliphatic heterocycles. The first-order valence-corrected chi connectivity index (χ1v) is 8.83. The van der Waals surface area contributed by atoms with Gasteiger partial charge in [0.2, 0.25) is 0 Å². The normalized spacial score (nSPS) is 18.7. The van der Waals surface area contributed by atoms with Crippen LogP contribution in [0.3, 0.4) is 0 Å². The smallest absolute Gasteiger partial charge is 0.299 e. The zero-order valence-electron chi connectivity index (χ0n) is 15.4. The molecule has 2 aromatic rings. The van der Waals surface area contributed by atoms with Gasteiger partial charge in [-0.05, 0) is 38.0 Å². The lowest BCUT2D eigenvalue weighted by Gasteiger charge is -2.22. The fraction of sp³-hybridized carbons (Fsp3) is 0.368. The molecule has 27 heavy (non-hydrogen) atoms. The van der Waals surface area contributed by atoms with Crippen LogP contribution in [0.5, 0.6) is 0 Å². The number of aliphatic imine (C=N–C) groups is 1. The maximum Gasteiger partial charge on any atom is 0.299 e. The molecule has 1 fully saturated rings. The molecule has 140 valence electrons. The lowest BCUT2D eigenvalue weighted by Crippen LogP contribution is -2.30. The number of carbonyl (C=O) groups excluding carboxylic acids is 2. The molecule has 0 spiro atoms. The molecule has 0 bridgehead atoms. The summed E-state index contributed by atoms with van der Waals surface area (Å²) in [4.78, 5) is 37.7. The highest BCUT2D eigenvalue weighted by Gasteiger charge is 2.40. The van der Waals surface area contributed by atoms with Crippen molar-refractivity contribution < 1.29 is 14.0 Å². The second-order valence-electron chi connectivity index (χ2n) is 7.03. The Morgan fingerprint density at radius 2 is 2.15 bits per heavy atom. The van der Waals surface area contributed by atoms with Crippen LogP contribution in [0, 0.1) is 5.82 Å². The molecule has 0 saturated carbocycles. The molecule has 0 radical (unpaired) electrons. The monoisotopic (exact) mass is 369 g/mol. The third kappa shape index (κ3) is 2.72. The first kappa shape index (κ1) is 17.4. The minimum Gasteiger partial charge on any atom is -0.366 e. The molecule has 4 rings (SSSR count). The van der Waals surface area contributed by atoms with E-state index in [1.165, 1.54) is 18.5 Å². The van der Waals surface area contributed by atoms with E-state index < -0.39 is 11.7 Å². The summed E-state index contributed by atoms with van der Waals surface area (Å²) in [5.41, 5.74) is 1.69. The van der Waals surface area contributed by atoms with Gasteiger partial charge in [-0.3, -0.25) is 14.2 Å². The van der Waals surface area contributed by atoms with Crippen LogP contribution in [0.2, 0.25) is 0 Å². The van der Waals surface area contributed by atoms with Crippen molar-refractivity contribution in [2.45, 2.75) is 25.8 Å². The van der Waals surface area contributed by atoms with Crippen molar-refractivity contribution >= 4 is 17.6 Å². The van der Waals surface area contributed by atoms with Gasteiger partial charge < -0.3 is 9.80 Å². The van der Waals surface area contributed by atoms with Crippen molar-refractivity contribution in [2.24, 2.45) is 4.99 Å². The predicted octanol–water partition coefficient (Wildman–Crippen LogP) is 2.42. The summed E-state index contributed by atoms with van der Waals surface area (Å²) in [5.74, 6) is -0.567. The van der Waals surface area contributed by atoms with Crippen LogP contribution in [0.4, 0.5) is 4.39 Å². The number of benzene rings is 1. The van der Waals surface area contributed by atoms with Gasteiger partial charge in [0.15, 0.2) is 5.69 Å². The summed E-state index contributed by atoms with van der Waals surface area (Å²) >= 11 is 0. The van der Waals surface area contributed by atoms with Gasteiger partial charge in [-0.1, -0.05) is 0 Å². The standard InChI is InChI=1S/C19H20FN5O2/c1-11(23(2)3)22-18(26)16-17-15-5-4-8-24(15)19(27)13-9-12(20)6-7-14(13)25(17)10-21-16/h6-7,9-10,15H,4-5,8H2,1-3H3/t15-/m1/s1. The van der Waals surface area contributed by atoms with Gasteiger partial charge in [0.1, 0.15) is 18.0 Å². The maximum absolute atomic E-state index is 13.8. The number of rotatable bonds is 1. The van der Waals surface area contributed by atoms with E-state index in [2.05, 4.69) is 9.98 Å². The van der Waals surface area contributed by atoms with Crippen LogP contribution in [0.1, 0.15) is 52.3 Å². The molecule has 0 unspecified atom stereocenters. The highest BCUT2D eigenvalue weighted by molar-refractivity contribution is 6.03. The zero-order valence-corrected chi connectivity index (χ0v) is 15.4. The van der Waals surface area contributed by atoms with Gasteiger partial charge in [0, 0.05) is 20.6 Å². The molecule has 1 aromatic heterocycles. The number of halogens is 1. The Labute approximate surface area is 156 Å². The summed E-state index contributed by atoms with van der Waals surface area (Å²) in [6.07, 6.45) is 3.07. The molecule has 1 aromatic carbocycles. The van der Waals surface area contributed by atoms with Crippen LogP contribution in [-0.4, -0.2) is 57.6 Å². The van der Waals surface area contributed by atoms with Crippen molar-refractivity contribution in [1.29, 1.82) is 0 Å². The number of amidine groups is 1. The fourth-order valence-electron chi connectivity index (χ4n) is 3.67. The molecule has 7 nitrogen and oxygen atoms in total. The van der Waals surface area contributed by atoms with Crippen LogP contribution >= 0.6 is 0 Å². The maximum atomic E-state index is 13.8. The lowest BCUT2D eigenvalue weighted by molar-refractivity contribution is 0.0735.